The van der Waals surface area contributed by atoms with Gasteiger partial charge in [0.15, 0.2) is 0 Å². The molecule has 1 atom stereocenters. The van der Waals surface area contributed by atoms with Crippen LogP contribution in [0.5, 0.6) is 17.4 Å². The van der Waals surface area contributed by atoms with Crippen LogP contribution in [0.1, 0.15) is 38.4 Å². The minimum atomic E-state index is -0.562. The molecule has 0 saturated heterocycles. The fourth-order valence-corrected chi connectivity index (χ4v) is 3.91. The van der Waals surface area contributed by atoms with Crippen molar-refractivity contribution in [3.05, 3.63) is 65.9 Å². The number of aryl methyl sites for hydroxylation is 1. The van der Waals surface area contributed by atoms with Gasteiger partial charge in [-0.25, -0.2) is 4.68 Å². The maximum Gasteiger partial charge on any atom is 0.227 e. The third-order valence-electron chi connectivity index (χ3n) is 5.55. The van der Waals surface area contributed by atoms with E-state index in [0.29, 0.717) is 43.9 Å². The molecule has 1 unspecified atom stereocenters. The van der Waals surface area contributed by atoms with Crippen molar-refractivity contribution in [3.63, 3.8) is 0 Å². The van der Waals surface area contributed by atoms with E-state index in [9.17, 15) is 5.11 Å². The Morgan fingerprint density at radius 1 is 1.03 bits per heavy atom. The summed E-state index contributed by atoms with van der Waals surface area (Å²) in [4.78, 5) is 2.24. The zero-order chi connectivity index (χ0) is 25.2. The summed E-state index contributed by atoms with van der Waals surface area (Å²) in [6, 6.07) is 17.5. The van der Waals surface area contributed by atoms with E-state index in [0.717, 1.165) is 35.7 Å². The number of para-hydroxylation sites is 1. The molecule has 35 heavy (non-hydrogen) atoms. The van der Waals surface area contributed by atoms with Crippen LogP contribution in [0.15, 0.2) is 54.6 Å². The molecule has 1 N–H and O–H groups in total. The van der Waals surface area contributed by atoms with Gasteiger partial charge in [0.1, 0.15) is 11.5 Å². The van der Waals surface area contributed by atoms with E-state index in [1.807, 2.05) is 66.2 Å². The largest absolute Gasteiger partial charge is 0.497 e. The van der Waals surface area contributed by atoms with E-state index < -0.39 is 6.10 Å². The first kappa shape index (κ1) is 26.7. The van der Waals surface area contributed by atoms with E-state index in [1.54, 1.807) is 7.11 Å². The van der Waals surface area contributed by atoms with E-state index >= 15 is 0 Å². The monoisotopic (exact) mass is 481 g/mol. The summed E-state index contributed by atoms with van der Waals surface area (Å²) < 4.78 is 19.3. The van der Waals surface area contributed by atoms with Crippen LogP contribution in [-0.4, -0.2) is 59.3 Å². The van der Waals surface area contributed by atoms with E-state index in [1.165, 1.54) is 0 Å². The van der Waals surface area contributed by atoms with Gasteiger partial charge in [-0.3, -0.25) is 4.90 Å². The molecule has 0 bridgehead atoms. The molecule has 3 rings (SSSR count). The fraction of sp³-hybridized carbons (Fsp3) is 0.464. The van der Waals surface area contributed by atoms with Crippen molar-refractivity contribution in [2.45, 2.75) is 46.8 Å². The van der Waals surface area contributed by atoms with Crippen LogP contribution in [0.25, 0.3) is 5.69 Å². The highest BCUT2D eigenvalue weighted by Gasteiger charge is 2.22. The predicted octanol–water partition coefficient (Wildman–Crippen LogP) is 5.23. The summed E-state index contributed by atoms with van der Waals surface area (Å²) >= 11 is 0. The lowest BCUT2D eigenvalue weighted by atomic mass is 10.2. The molecule has 190 valence electrons. The topological polar surface area (TPSA) is 69.0 Å². The molecule has 7 heteroatoms. The lowest BCUT2D eigenvalue weighted by Crippen LogP contribution is -2.35. The molecule has 2 aromatic carbocycles. The standard InChI is InChI=1S/C28H39N3O4/c1-6-15-30(17-24(32)20-34-19-21(2)3)18-27-22(4)29-31(23-11-8-7-9-12-23)28(27)35-26-14-10-13-25(16-26)33-5/h7-14,16,21,24,32H,6,15,17-20H2,1-5H3. The van der Waals surface area contributed by atoms with Crippen molar-refractivity contribution in [1.82, 2.24) is 14.7 Å². The first-order valence-electron chi connectivity index (χ1n) is 12.3. The molecule has 7 nitrogen and oxygen atoms in total. The normalized spacial score (nSPS) is 12.3. The van der Waals surface area contributed by atoms with Gasteiger partial charge in [0.2, 0.25) is 5.88 Å². The van der Waals surface area contributed by atoms with Crippen molar-refractivity contribution < 1.29 is 19.3 Å². The second-order valence-corrected chi connectivity index (χ2v) is 9.22. The number of aromatic nitrogens is 2. The number of aliphatic hydroxyl groups excluding tert-OH is 1. The molecular formula is C28H39N3O4. The van der Waals surface area contributed by atoms with Crippen molar-refractivity contribution in [1.29, 1.82) is 0 Å². The Balaban J connectivity index is 1.89. The maximum absolute atomic E-state index is 10.6. The molecule has 1 aromatic heterocycles. The summed E-state index contributed by atoms with van der Waals surface area (Å²) in [5.74, 6) is 2.50. The molecule has 0 spiro atoms. The third kappa shape index (κ3) is 7.82. The third-order valence-corrected chi connectivity index (χ3v) is 5.55. The van der Waals surface area contributed by atoms with E-state index in [-0.39, 0.29) is 0 Å². The Morgan fingerprint density at radius 3 is 2.46 bits per heavy atom. The zero-order valence-corrected chi connectivity index (χ0v) is 21.6. The number of benzene rings is 2. The van der Waals surface area contributed by atoms with Gasteiger partial charge in [0.25, 0.3) is 0 Å². The molecule has 0 aliphatic heterocycles. The Morgan fingerprint density at radius 2 is 1.77 bits per heavy atom. The highest BCUT2D eigenvalue weighted by Crippen LogP contribution is 2.33. The molecule has 0 fully saturated rings. The molecule has 3 aromatic rings. The minimum absolute atomic E-state index is 0.327. The molecule has 0 aliphatic carbocycles. The lowest BCUT2D eigenvalue weighted by molar-refractivity contribution is 0.00681. The molecule has 0 saturated carbocycles. The molecular weight excluding hydrogens is 442 g/mol. The van der Waals surface area contributed by atoms with Crippen molar-refractivity contribution in [3.8, 4) is 23.1 Å². The first-order valence-corrected chi connectivity index (χ1v) is 12.3. The predicted molar refractivity (Wildman–Crippen MR) is 139 cm³/mol. The molecule has 0 aliphatic rings. The first-order chi connectivity index (χ1) is 16.9. The van der Waals surface area contributed by atoms with Crippen LogP contribution in [0.4, 0.5) is 0 Å². The van der Waals surface area contributed by atoms with E-state index in [4.69, 9.17) is 19.3 Å². The van der Waals surface area contributed by atoms with Gasteiger partial charge in [-0.1, -0.05) is 45.0 Å². The second kappa shape index (κ2) is 13.3. The van der Waals surface area contributed by atoms with Gasteiger partial charge >= 0.3 is 0 Å². The van der Waals surface area contributed by atoms with Gasteiger partial charge in [-0.15, -0.1) is 0 Å². The van der Waals surface area contributed by atoms with Crippen LogP contribution in [0.3, 0.4) is 0 Å². The summed E-state index contributed by atoms with van der Waals surface area (Å²) in [5, 5.41) is 15.4. The molecule has 0 amide bonds. The summed E-state index contributed by atoms with van der Waals surface area (Å²) in [5.41, 5.74) is 2.79. The number of nitrogens with zero attached hydrogens (tertiary/aromatic N) is 3. The molecule has 1 heterocycles. The van der Waals surface area contributed by atoms with Crippen molar-refractivity contribution in [2.75, 3.05) is 33.4 Å². The lowest BCUT2D eigenvalue weighted by Gasteiger charge is -2.25. The van der Waals surface area contributed by atoms with Gasteiger partial charge in [0.05, 0.1) is 36.8 Å². The van der Waals surface area contributed by atoms with Crippen LogP contribution in [0.2, 0.25) is 0 Å². The Hall–Kier alpha value is -2.87. The van der Waals surface area contributed by atoms with Crippen molar-refractivity contribution >= 4 is 0 Å². The fourth-order valence-electron chi connectivity index (χ4n) is 3.91. The maximum atomic E-state index is 10.6. The van der Waals surface area contributed by atoms with Crippen LogP contribution in [0, 0.1) is 12.8 Å². The SMILES string of the molecule is CCCN(Cc1c(C)nn(-c2ccccc2)c1Oc1cccc(OC)c1)CC(O)COCC(C)C. The number of rotatable bonds is 14. The Bertz CT molecular complexity index is 1040. The number of ether oxygens (including phenoxy) is 3. The highest BCUT2D eigenvalue weighted by atomic mass is 16.5. The summed E-state index contributed by atoms with van der Waals surface area (Å²) in [6.45, 7) is 11.3. The highest BCUT2D eigenvalue weighted by molar-refractivity contribution is 5.44. The minimum Gasteiger partial charge on any atom is -0.497 e. The molecule has 0 radical (unpaired) electrons. The average molecular weight is 482 g/mol. The van der Waals surface area contributed by atoms with Gasteiger partial charge in [-0.05, 0) is 50.1 Å². The Labute approximate surface area is 209 Å². The smallest absolute Gasteiger partial charge is 0.227 e. The summed E-state index contributed by atoms with van der Waals surface area (Å²) in [6.07, 6.45) is 0.407. The number of hydrogen-bond acceptors (Lipinski definition) is 6. The van der Waals surface area contributed by atoms with Crippen molar-refractivity contribution in [2.24, 2.45) is 5.92 Å². The summed E-state index contributed by atoms with van der Waals surface area (Å²) in [7, 11) is 1.64. The number of aliphatic hydroxyl groups is 1. The van der Waals surface area contributed by atoms with E-state index in [2.05, 4.69) is 25.7 Å². The van der Waals surface area contributed by atoms with Gasteiger partial charge < -0.3 is 19.3 Å². The second-order valence-electron chi connectivity index (χ2n) is 9.22. The average Bonchev–Trinajstić information content (AvgIpc) is 3.14. The van der Waals surface area contributed by atoms with Gasteiger partial charge in [0, 0.05) is 25.8 Å². The Kier molecular flexibility index (Phi) is 10.1. The van der Waals surface area contributed by atoms with Crippen LogP contribution < -0.4 is 9.47 Å². The number of hydrogen-bond donors (Lipinski definition) is 1. The van der Waals surface area contributed by atoms with Crippen LogP contribution >= 0.6 is 0 Å². The quantitative estimate of drug-likeness (QED) is 0.340. The zero-order valence-electron chi connectivity index (χ0n) is 21.6. The van der Waals surface area contributed by atoms with Gasteiger partial charge in [-0.2, -0.15) is 5.10 Å². The number of methoxy groups -OCH3 is 1. The van der Waals surface area contributed by atoms with Crippen LogP contribution in [-0.2, 0) is 11.3 Å².